The fourth-order valence-corrected chi connectivity index (χ4v) is 3.47. The van der Waals surface area contributed by atoms with E-state index in [-0.39, 0.29) is 29.1 Å². The lowest BCUT2D eigenvalue weighted by Crippen LogP contribution is -2.37. The molecule has 11 heavy (non-hydrogen) atoms. The number of rotatable bonds is 0. The highest BCUT2D eigenvalue weighted by Crippen LogP contribution is 2.18. The third-order valence-electron chi connectivity index (χ3n) is 1.98. The van der Waals surface area contributed by atoms with Crippen LogP contribution in [0.3, 0.4) is 0 Å². The number of Topliss-reactive ketones (excluding diaryl/α,β-unsaturated/α-hetero) is 1. The standard InChI is InChI=1S/C7H12O3S/c1-5-3-11(9,10)4-6(2)7(5)8/h5-6H,3-4H2,1-2H3/t5-,6+. The Morgan fingerprint density at radius 1 is 1.18 bits per heavy atom. The van der Waals surface area contributed by atoms with Crippen LogP contribution in [0.4, 0.5) is 0 Å². The van der Waals surface area contributed by atoms with Crippen LogP contribution in [0.5, 0.6) is 0 Å². The van der Waals surface area contributed by atoms with Gasteiger partial charge in [0.15, 0.2) is 9.84 Å². The Hall–Kier alpha value is -0.380. The van der Waals surface area contributed by atoms with Crippen LogP contribution in [0, 0.1) is 11.8 Å². The van der Waals surface area contributed by atoms with E-state index in [4.69, 9.17) is 0 Å². The molecule has 1 heterocycles. The fraction of sp³-hybridized carbons (Fsp3) is 0.857. The molecule has 0 aromatic carbocycles. The van der Waals surface area contributed by atoms with Gasteiger partial charge in [0.2, 0.25) is 0 Å². The van der Waals surface area contributed by atoms with Crippen LogP contribution in [-0.2, 0) is 14.6 Å². The summed E-state index contributed by atoms with van der Waals surface area (Å²) < 4.78 is 22.1. The van der Waals surface area contributed by atoms with Gasteiger partial charge in [-0.1, -0.05) is 13.8 Å². The summed E-state index contributed by atoms with van der Waals surface area (Å²) in [5, 5.41) is 0. The highest BCUT2D eigenvalue weighted by Gasteiger charge is 2.33. The molecule has 0 aromatic heterocycles. The van der Waals surface area contributed by atoms with Crippen molar-refractivity contribution in [3.8, 4) is 0 Å². The average molecular weight is 176 g/mol. The summed E-state index contributed by atoms with van der Waals surface area (Å²) in [6.45, 7) is 3.35. The Morgan fingerprint density at radius 3 is 1.91 bits per heavy atom. The number of hydrogen-bond acceptors (Lipinski definition) is 3. The maximum atomic E-state index is 11.1. The third-order valence-corrected chi connectivity index (χ3v) is 4.00. The van der Waals surface area contributed by atoms with Crippen molar-refractivity contribution in [3.63, 3.8) is 0 Å². The number of carbonyl (C=O) groups is 1. The number of sulfone groups is 1. The zero-order chi connectivity index (χ0) is 8.65. The molecule has 1 rings (SSSR count). The minimum atomic E-state index is -2.93. The molecule has 1 saturated heterocycles. The number of ketones is 1. The maximum absolute atomic E-state index is 11.1. The SMILES string of the molecule is C[C@@H]1CS(=O)(=O)C[C@H](C)C1=O. The molecule has 0 bridgehead atoms. The molecular formula is C7H12O3S. The summed E-state index contributed by atoms with van der Waals surface area (Å²) in [4.78, 5) is 11.1. The lowest BCUT2D eigenvalue weighted by molar-refractivity contribution is -0.124. The van der Waals surface area contributed by atoms with Crippen molar-refractivity contribution in [1.29, 1.82) is 0 Å². The second-order valence-electron chi connectivity index (χ2n) is 3.28. The maximum Gasteiger partial charge on any atom is 0.151 e. The van der Waals surface area contributed by atoms with Crippen molar-refractivity contribution in [2.75, 3.05) is 11.5 Å². The van der Waals surface area contributed by atoms with Crippen molar-refractivity contribution in [1.82, 2.24) is 0 Å². The van der Waals surface area contributed by atoms with E-state index in [1.807, 2.05) is 0 Å². The van der Waals surface area contributed by atoms with Gasteiger partial charge in [-0.15, -0.1) is 0 Å². The Labute approximate surface area is 66.7 Å². The van der Waals surface area contributed by atoms with Crippen molar-refractivity contribution < 1.29 is 13.2 Å². The van der Waals surface area contributed by atoms with Gasteiger partial charge in [-0.2, -0.15) is 0 Å². The van der Waals surface area contributed by atoms with E-state index in [9.17, 15) is 13.2 Å². The van der Waals surface area contributed by atoms with Gasteiger partial charge < -0.3 is 0 Å². The van der Waals surface area contributed by atoms with Crippen LogP contribution in [0.25, 0.3) is 0 Å². The van der Waals surface area contributed by atoms with Crippen LogP contribution in [0.15, 0.2) is 0 Å². The van der Waals surface area contributed by atoms with Gasteiger partial charge >= 0.3 is 0 Å². The molecule has 64 valence electrons. The molecule has 0 saturated carbocycles. The fourth-order valence-electron chi connectivity index (χ4n) is 1.48. The molecule has 3 nitrogen and oxygen atoms in total. The van der Waals surface area contributed by atoms with Crippen molar-refractivity contribution in [3.05, 3.63) is 0 Å². The van der Waals surface area contributed by atoms with Crippen LogP contribution < -0.4 is 0 Å². The van der Waals surface area contributed by atoms with Gasteiger partial charge in [0.1, 0.15) is 5.78 Å². The minimum Gasteiger partial charge on any atom is -0.299 e. The minimum absolute atomic E-state index is 0.0379. The highest BCUT2D eigenvalue weighted by atomic mass is 32.2. The van der Waals surface area contributed by atoms with E-state index in [1.54, 1.807) is 13.8 Å². The molecular weight excluding hydrogens is 164 g/mol. The van der Waals surface area contributed by atoms with Gasteiger partial charge in [-0.05, 0) is 0 Å². The van der Waals surface area contributed by atoms with E-state index in [0.29, 0.717) is 0 Å². The summed E-state index contributed by atoms with van der Waals surface area (Å²) >= 11 is 0. The Bertz CT molecular complexity index is 245. The van der Waals surface area contributed by atoms with E-state index in [1.165, 1.54) is 0 Å². The van der Waals surface area contributed by atoms with Gasteiger partial charge in [-0.25, -0.2) is 8.42 Å². The molecule has 0 radical (unpaired) electrons. The summed E-state index contributed by atoms with van der Waals surface area (Å²) in [6, 6.07) is 0. The molecule has 0 unspecified atom stereocenters. The molecule has 4 heteroatoms. The normalized spacial score (nSPS) is 37.1. The zero-order valence-electron chi connectivity index (χ0n) is 6.70. The lowest BCUT2D eigenvalue weighted by atomic mass is 9.98. The van der Waals surface area contributed by atoms with Gasteiger partial charge in [0.25, 0.3) is 0 Å². The predicted octanol–water partition coefficient (Wildman–Crippen LogP) is 0.256. The van der Waals surface area contributed by atoms with Crippen LogP contribution in [0.1, 0.15) is 13.8 Å². The monoisotopic (exact) mass is 176 g/mol. The Morgan fingerprint density at radius 2 is 1.55 bits per heavy atom. The number of carbonyl (C=O) groups excluding carboxylic acids is 1. The van der Waals surface area contributed by atoms with E-state index >= 15 is 0 Å². The third kappa shape index (κ3) is 1.80. The summed E-state index contributed by atoms with van der Waals surface area (Å²) in [5.74, 6) is -0.445. The first-order valence-electron chi connectivity index (χ1n) is 3.66. The Kier molecular flexibility index (Phi) is 2.05. The molecule has 1 aliphatic heterocycles. The van der Waals surface area contributed by atoms with E-state index < -0.39 is 9.84 Å². The van der Waals surface area contributed by atoms with Gasteiger partial charge in [-0.3, -0.25) is 4.79 Å². The summed E-state index contributed by atoms with van der Waals surface area (Å²) in [5.41, 5.74) is 0. The van der Waals surface area contributed by atoms with Crippen molar-refractivity contribution >= 4 is 15.6 Å². The van der Waals surface area contributed by atoms with Gasteiger partial charge in [0, 0.05) is 11.8 Å². The molecule has 0 aliphatic carbocycles. The molecule has 1 fully saturated rings. The molecule has 0 N–H and O–H groups in total. The molecule has 0 aromatic rings. The van der Waals surface area contributed by atoms with Crippen LogP contribution in [0.2, 0.25) is 0 Å². The van der Waals surface area contributed by atoms with Crippen LogP contribution >= 0.6 is 0 Å². The highest BCUT2D eigenvalue weighted by molar-refractivity contribution is 7.91. The quantitative estimate of drug-likeness (QED) is 0.532. The molecule has 1 aliphatic rings. The summed E-state index contributed by atoms with van der Waals surface area (Å²) in [6.07, 6.45) is 0. The van der Waals surface area contributed by atoms with E-state index in [0.717, 1.165) is 0 Å². The molecule has 2 atom stereocenters. The van der Waals surface area contributed by atoms with Crippen LogP contribution in [-0.4, -0.2) is 25.7 Å². The first-order valence-corrected chi connectivity index (χ1v) is 5.48. The summed E-state index contributed by atoms with van der Waals surface area (Å²) in [7, 11) is -2.93. The van der Waals surface area contributed by atoms with Crippen molar-refractivity contribution in [2.24, 2.45) is 11.8 Å². The smallest absolute Gasteiger partial charge is 0.151 e. The first kappa shape index (κ1) is 8.71. The first-order chi connectivity index (χ1) is 4.92. The lowest BCUT2D eigenvalue weighted by Gasteiger charge is -2.22. The Balaban J connectivity index is 2.87. The van der Waals surface area contributed by atoms with Gasteiger partial charge in [0.05, 0.1) is 11.5 Å². The second-order valence-corrected chi connectivity index (χ2v) is 5.44. The molecule has 0 spiro atoms. The predicted molar refractivity (Wildman–Crippen MR) is 42.0 cm³/mol. The van der Waals surface area contributed by atoms with Crippen molar-refractivity contribution in [2.45, 2.75) is 13.8 Å². The zero-order valence-corrected chi connectivity index (χ0v) is 7.52. The molecule has 0 amide bonds. The second kappa shape index (κ2) is 2.59. The topological polar surface area (TPSA) is 51.2 Å². The largest absolute Gasteiger partial charge is 0.299 e. The van der Waals surface area contributed by atoms with E-state index in [2.05, 4.69) is 0 Å². The number of hydrogen-bond donors (Lipinski definition) is 0. The average Bonchev–Trinajstić information content (AvgIpc) is 1.81.